The van der Waals surface area contributed by atoms with Crippen molar-refractivity contribution in [3.05, 3.63) is 42.1 Å². The highest BCUT2D eigenvalue weighted by molar-refractivity contribution is 5.98. The molecule has 3 rings (SSSR count). The van der Waals surface area contributed by atoms with Crippen molar-refractivity contribution in [3.8, 4) is 6.07 Å². The van der Waals surface area contributed by atoms with E-state index in [1.807, 2.05) is 30.3 Å². The van der Waals surface area contributed by atoms with Gasteiger partial charge in [-0.3, -0.25) is 14.3 Å². The maximum atomic E-state index is 11.7. The van der Waals surface area contributed by atoms with Crippen molar-refractivity contribution < 1.29 is 9.59 Å². The number of primary amides is 1. The number of anilines is 2. The average molecular weight is 323 g/mol. The summed E-state index contributed by atoms with van der Waals surface area (Å²) < 4.78 is 1.59. The highest BCUT2D eigenvalue weighted by Gasteiger charge is 2.32. The van der Waals surface area contributed by atoms with Gasteiger partial charge in [-0.05, 0) is 18.6 Å². The Hall–Kier alpha value is -3.14. The van der Waals surface area contributed by atoms with Crippen LogP contribution in [0.4, 0.5) is 11.5 Å². The van der Waals surface area contributed by atoms with Gasteiger partial charge in [0.1, 0.15) is 11.3 Å². The van der Waals surface area contributed by atoms with E-state index in [0.717, 1.165) is 5.69 Å². The Bertz CT molecular complexity index is 806. The Kier molecular flexibility index (Phi) is 4.29. The molecule has 2 aromatic rings. The second kappa shape index (κ2) is 6.54. The van der Waals surface area contributed by atoms with E-state index in [0.29, 0.717) is 18.7 Å². The first-order valence-electron chi connectivity index (χ1n) is 7.71. The van der Waals surface area contributed by atoms with E-state index in [-0.39, 0.29) is 23.8 Å². The minimum atomic E-state index is -0.597. The molecule has 0 aliphatic heterocycles. The topological polar surface area (TPSA) is 114 Å². The summed E-state index contributed by atoms with van der Waals surface area (Å²) in [5.74, 6) is -0.610. The van der Waals surface area contributed by atoms with Crippen LogP contribution in [0, 0.1) is 17.2 Å². The lowest BCUT2D eigenvalue weighted by molar-refractivity contribution is -0.121. The fourth-order valence-corrected chi connectivity index (χ4v) is 2.93. The first kappa shape index (κ1) is 15.7. The third kappa shape index (κ3) is 3.13. The van der Waals surface area contributed by atoms with Crippen molar-refractivity contribution >= 4 is 23.2 Å². The SMILES string of the molecule is N#CC1CC(=O)CC[C@@H]1n1cc(C(N)=O)c(Nc2ccccc2)n1. The van der Waals surface area contributed by atoms with Gasteiger partial charge in [-0.2, -0.15) is 10.4 Å². The van der Waals surface area contributed by atoms with Gasteiger partial charge in [0.2, 0.25) is 0 Å². The molecule has 2 atom stereocenters. The van der Waals surface area contributed by atoms with Crippen molar-refractivity contribution in [1.29, 1.82) is 5.26 Å². The molecule has 0 radical (unpaired) electrons. The molecule has 0 spiro atoms. The zero-order valence-electron chi connectivity index (χ0n) is 13.0. The highest BCUT2D eigenvalue weighted by Crippen LogP contribution is 2.33. The molecule has 1 saturated carbocycles. The van der Waals surface area contributed by atoms with Crippen LogP contribution in [0.3, 0.4) is 0 Å². The van der Waals surface area contributed by atoms with E-state index in [1.54, 1.807) is 10.9 Å². The van der Waals surface area contributed by atoms with Gasteiger partial charge >= 0.3 is 0 Å². The molecule has 1 aromatic heterocycles. The Morgan fingerprint density at radius 1 is 1.38 bits per heavy atom. The molecule has 1 heterocycles. The number of hydrogen-bond donors (Lipinski definition) is 2. The van der Waals surface area contributed by atoms with Gasteiger partial charge in [-0.1, -0.05) is 18.2 Å². The zero-order chi connectivity index (χ0) is 17.1. The van der Waals surface area contributed by atoms with Crippen LogP contribution in [0.2, 0.25) is 0 Å². The maximum Gasteiger partial charge on any atom is 0.254 e. The van der Waals surface area contributed by atoms with E-state index >= 15 is 0 Å². The van der Waals surface area contributed by atoms with Crippen LogP contribution in [0.5, 0.6) is 0 Å². The summed E-state index contributed by atoms with van der Waals surface area (Å²) in [6.07, 6.45) is 2.71. The largest absolute Gasteiger partial charge is 0.365 e. The minimum absolute atomic E-state index is 0.0858. The van der Waals surface area contributed by atoms with Crippen molar-refractivity contribution in [2.45, 2.75) is 25.3 Å². The van der Waals surface area contributed by atoms with E-state index in [9.17, 15) is 14.9 Å². The quantitative estimate of drug-likeness (QED) is 0.895. The summed E-state index contributed by atoms with van der Waals surface area (Å²) in [7, 11) is 0. The molecule has 1 aromatic carbocycles. The van der Waals surface area contributed by atoms with Crippen LogP contribution < -0.4 is 11.1 Å². The van der Waals surface area contributed by atoms with Crippen molar-refractivity contribution in [3.63, 3.8) is 0 Å². The number of Topliss-reactive ketones (excluding diaryl/α,β-unsaturated/α-hetero) is 1. The zero-order valence-corrected chi connectivity index (χ0v) is 13.0. The third-order valence-corrected chi connectivity index (χ3v) is 4.17. The standard InChI is InChI=1S/C17H17N5O2/c18-9-11-8-13(23)6-7-15(11)22-10-14(16(19)24)17(21-22)20-12-4-2-1-3-5-12/h1-5,10-11,15H,6-8H2,(H2,19,24)(H,20,21)/t11?,15-/m0/s1. The highest BCUT2D eigenvalue weighted by atomic mass is 16.1. The number of nitrogens with zero attached hydrogens (tertiary/aromatic N) is 3. The number of carbonyl (C=O) groups excluding carboxylic acids is 2. The van der Waals surface area contributed by atoms with Gasteiger partial charge in [0, 0.05) is 24.7 Å². The smallest absolute Gasteiger partial charge is 0.254 e. The lowest BCUT2D eigenvalue weighted by Gasteiger charge is -2.26. The predicted molar refractivity (Wildman–Crippen MR) is 87.5 cm³/mol. The summed E-state index contributed by atoms with van der Waals surface area (Å²) >= 11 is 0. The van der Waals surface area contributed by atoms with Crippen LogP contribution in [0.1, 0.15) is 35.7 Å². The number of para-hydroxylation sites is 1. The molecule has 1 unspecified atom stereocenters. The van der Waals surface area contributed by atoms with Gasteiger partial charge < -0.3 is 11.1 Å². The van der Waals surface area contributed by atoms with Crippen LogP contribution in [-0.2, 0) is 4.79 Å². The second-order valence-corrected chi connectivity index (χ2v) is 5.81. The number of benzene rings is 1. The first-order valence-corrected chi connectivity index (χ1v) is 7.71. The van der Waals surface area contributed by atoms with Gasteiger partial charge in [0.25, 0.3) is 5.91 Å². The van der Waals surface area contributed by atoms with E-state index in [1.165, 1.54) is 0 Å². The Morgan fingerprint density at radius 2 is 2.12 bits per heavy atom. The Morgan fingerprint density at radius 3 is 2.79 bits per heavy atom. The fourth-order valence-electron chi connectivity index (χ4n) is 2.93. The lowest BCUT2D eigenvalue weighted by atomic mass is 9.85. The average Bonchev–Trinajstić information content (AvgIpc) is 2.99. The molecule has 0 saturated heterocycles. The van der Waals surface area contributed by atoms with Gasteiger partial charge in [-0.15, -0.1) is 0 Å². The summed E-state index contributed by atoms with van der Waals surface area (Å²) in [6.45, 7) is 0. The number of hydrogen-bond acceptors (Lipinski definition) is 5. The molecule has 24 heavy (non-hydrogen) atoms. The number of nitrogens with two attached hydrogens (primary N) is 1. The summed E-state index contributed by atoms with van der Waals surface area (Å²) in [5, 5.41) is 16.8. The number of nitrogens with one attached hydrogen (secondary N) is 1. The normalized spacial score (nSPS) is 20.4. The number of ketones is 1. The molecule has 1 aliphatic rings. The molecule has 7 heteroatoms. The summed E-state index contributed by atoms with van der Waals surface area (Å²) in [6, 6.07) is 11.2. The number of amides is 1. The number of rotatable bonds is 4. The number of carbonyl (C=O) groups is 2. The fraction of sp³-hybridized carbons (Fsp3) is 0.294. The Labute approximate surface area is 139 Å². The third-order valence-electron chi connectivity index (χ3n) is 4.17. The molecule has 7 nitrogen and oxygen atoms in total. The minimum Gasteiger partial charge on any atom is -0.365 e. The van der Waals surface area contributed by atoms with E-state index < -0.39 is 11.8 Å². The predicted octanol–water partition coefficient (Wildman–Crippen LogP) is 2.16. The molecule has 1 amide bonds. The summed E-state index contributed by atoms with van der Waals surface area (Å²) in [5.41, 5.74) is 6.48. The second-order valence-electron chi connectivity index (χ2n) is 5.81. The molecular formula is C17H17N5O2. The Balaban J connectivity index is 1.92. The van der Waals surface area contributed by atoms with Gasteiger partial charge in [-0.25, -0.2) is 0 Å². The molecule has 0 bridgehead atoms. The van der Waals surface area contributed by atoms with Crippen LogP contribution in [0.15, 0.2) is 36.5 Å². The van der Waals surface area contributed by atoms with Crippen molar-refractivity contribution in [2.24, 2.45) is 11.7 Å². The van der Waals surface area contributed by atoms with Gasteiger partial charge in [0.15, 0.2) is 5.82 Å². The molecular weight excluding hydrogens is 306 g/mol. The number of nitriles is 1. The van der Waals surface area contributed by atoms with Gasteiger partial charge in [0.05, 0.1) is 18.0 Å². The van der Waals surface area contributed by atoms with Crippen LogP contribution >= 0.6 is 0 Å². The first-order chi connectivity index (χ1) is 11.6. The van der Waals surface area contributed by atoms with Crippen LogP contribution in [-0.4, -0.2) is 21.5 Å². The van der Waals surface area contributed by atoms with Crippen molar-refractivity contribution in [1.82, 2.24) is 9.78 Å². The van der Waals surface area contributed by atoms with E-state index in [4.69, 9.17) is 5.73 Å². The molecule has 122 valence electrons. The number of aromatic nitrogens is 2. The van der Waals surface area contributed by atoms with Crippen molar-refractivity contribution in [2.75, 3.05) is 5.32 Å². The molecule has 1 aliphatic carbocycles. The lowest BCUT2D eigenvalue weighted by Crippen LogP contribution is -2.27. The summed E-state index contributed by atoms with van der Waals surface area (Å²) in [4.78, 5) is 23.3. The molecule has 3 N–H and O–H groups in total. The van der Waals surface area contributed by atoms with E-state index in [2.05, 4.69) is 16.5 Å². The maximum absolute atomic E-state index is 11.7. The molecule has 1 fully saturated rings. The van der Waals surface area contributed by atoms with Crippen LogP contribution in [0.25, 0.3) is 0 Å². The monoisotopic (exact) mass is 323 g/mol.